The predicted octanol–water partition coefficient (Wildman–Crippen LogP) is 17.8. The number of esters is 2. The van der Waals surface area contributed by atoms with Gasteiger partial charge in [-0.2, -0.15) is 0 Å². The van der Waals surface area contributed by atoms with Crippen molar-refractivity contribution in [3.8, 4) is 0 Å². The monoisotopic (exact) mass is 835 g/mol. The van der Waals surface area contributed by atoms with Crippen LogP contribution in [0.4, 0.5) is 0 Å². The van der Waals surface area contributed by atoms with Gasteiger partial charge in [0.1, 0.15) is 6.61 Å². The molecular weight excluding hydrogens is 729 g/mol. The summed E-state index contributed by atoms with van der Waals surface area (Å²) in [6.45, 7) is 4.09. The van der Waals surface area contributed by atoms with Crippen LogP contribution in [0.2, 0.25) is 0 Å². The molecule has 0 heterocycles. The highest BCUT2D eigenvalue weighted by Crippen LogP contribution is 2.18. The lowest BCUT2D eigenvalue weighted by atomic mass is 10.0. The van der Waals surface area contributed by atoms with Gasteiger partial charge in [-0.1, -0.05) is 290 Å². The fraction of sp³-hybridized carbons (Fsp3) is 0.963. The first-order chi connectivity index (χ1) is 29.1. The van der Waals surface area contributed by atoms with Gasteiger partial charge in [0.05, 0.1) is 6.61 Å². The van der Waals surface area contributed by atoms with E-state index in [1.54, 1.807) is 0 Å². The van der Waals surface area contributed by atoms with Crippen LogP contribution < -0.4 is 0 Å². The van der Waals surface area contributed by atoms with Crippen LogP contribution in [-0.2, 0) is 19.1 Å². The molecule has 0 aliphatic rings. The Kier molecular flexibility index (Phi) is 50.3. The topological polar surface area (TPSA) is 72.8 Å². The van der Waals surface area contributed by atoms with Crippen LogP contribution in [0.3, 0.4) is 0 Å². The number of rotatable bonds is 51. The molecule has 0 saturated heterocycles. The van der Waals surface area contributed by atoms with Crippen LogP contribution in [0, 0.1) is 0 Å². The molecule has 0 aliphatic heterocycles. The van der Waals surface area contributed by atoms with E-state index in [-0.39, 0.29) is 25.2 Å². The number of hydrogen-bond acceptors (Lipinski definition) is 5. The highest BCUT2D eigenvalue weighted by Gasteiger charge is 2.16. The van der Waals surface area contributed by atoms with Crippen LogP contribution in [0.5, 0.6) is 0 Å². The minimum absolute atomic E-state index is 0.0597. The van der Waals surface area contributed by atoms with E-state index >= 15 is 0 Å². The second kappa shape index (κ2) is 51.3. The van der Waals surface area contributed by atoms with E-state index in [4.69, 9.17) is 9.47 Å². The molecule has 0 saturated carbocycles. The van der Waals surface area contributed by atoms with Crippen LogP contribution in [0.1, 0.15) is 316 Å². The second-order valence-electron chi connectivity index (χ2n) is 18.7. The average molecular weight is 835 g/mol. The van der Waals surface area contributed by atoms with Crippen molar-refractivity contribution < 1.29 is 24.2 Å². The van der Waals surface area contributed by atoms with E-state index in [0.717, 1.165) is 38.5 Å². The molecule has 1 N–H and O–H groups in total. The maximum absolute atomic E-state index is 12.1. The molecule has 0 rings (SSSR count). The molecule has 1 unspecified atom stereocenters. The Morgan fingerprint density at radius 2 is 0.525 bits per heavy atom. The molecule has 0 aromatic heterocycles. The Bertz CT molecular complexity index is 815. The first-order valence-corrected chi connectivity index (χ1v) is 27.1. The zero-order chi connectivity index (χ0) is 42.8. The van der Waals surface area contributed by atoms with E-state index in [0.29, 0.717) is 12.8 Å². The first kappa shape index (κ1) is 57.9. The lowest BCUT2D eigenvalue weighted by molar-refractivity contribution is -0.161. The molecule has 0 bridgehead atoms. The Labute approximate surface area is 369 Å². The van der Waals surface area contributed by atoms with Gasteiger partial charge in [-0.3, -0.25) is 9.59 Å². The normalized spacial score (nSPS) is 12.0. The lowest BCUT2D eigenvalue weighted by Crippen LogP contribution is -2.28. The smallest absolute Gasteiger partial charge is 0.306 e. The summed E-state index contributed by atoms with van der Waals surface area (Å²) < 4.78 is 10.5. The molecular formula is C54H106O5. The van der Waals surface area contributed by atoms with Crippen molar-refractivity contribution in [1.29, 1.82) is 0 Å². The molecule has 0 radical (unpaired) electrons. The highest BCUT2D eigenvalue weighted by molar-refractivity contribution is 5.70. The highest BCUT2D eigenvalue weighted by atomic mass is 16.6. The summed E-state index contributed by atoms with van der Waals surface area (Å²) in [6, 6.07) is 0. The number of hydrogen-bond donors (Lipinski definition) is 1. The average Bonchev–Trinajstić information content (AvgIpc) is 3.24. The van der Waals surface area contributed by atoms with Gasteiger partial charge in [0.15, 0.2) is 6.10 Å². The van der Waals surface area contributed by atoms with Gasteiger partial charge in [-0.15, -0.1) is 0 Å². The summed E-state index contributed by atoms with van der Waals surface area (Å²) in [5.74, 6) is -0.588. The maximum atomic E-state index is 12.1. The van der Waals surface area contributed by atoms with Crippen LogP contribution >= 0.6 is 0 Å². The van der Waals surface area contributed by atoms with Gasteiger partial charge in [0.25, 0.3) is 0 Å². The molecule has 352 valence electrons. The number of carbonyl (C=O) groups is 2. The molecule has 0 aliphatic carbocycles. The van der Waals surface area contributed by atoms with Crippen LogP contribution in [-0.4, -0.2) is 36.4 Å². The van der Waals surface area contributed by atoms with Crippen molar-refractivity contribution in [2.45, 2.75) is 322 Å². The van der Waals surface area contributed by atoms with Crippen molar-refractivity contribution in [2.75, 3.05) is 13.2 Å². The van der Waals surface area contributed by atoms with Gasteiger partial charge in [-0.25, -0.2) is 0 Å². The first-order valence-electron chi connectivity index (χ1n) is 27.1. The third-order valence-electron chi connectivity index (χ3n) is 12.7. The van der Waals surface area contributed by atoms with Crippen LogP contribution in [0.25, 0.3) is 0 Å². The lowest BCUT2D eigenvalue weighted by Gasteiger charge is -2.15. The van der Waals surface area contributed by atoms with E-state index in [2.05, 4.69) is 13.8 Å². The number of carbonyl (C=O) groups excluding carboxylic acids is 2. The zero-order valence-electron chi connectivity index (χ0n) is 40.3. The minimum atomic E-state index is -0.760. The zero-order valence-corrected chi connectivity index (χ0v) is 40.3. The number of aliphatic hydroxyl groups excluding tert-OH is 1. The van der Waals surface area contributed by atoms with E-state index in [1.807, 2.05) is 0 Å². The molecule has 0 amide bonds. The molecule has 5 nitrogen and oxygen atoms in total. The van der Waals surface area contributed by atoms with E-state index < -0.39 is 6.10 Å². The van der Waals surface area contributed by atoms with Gasteiger partial charge < -0.3 is 14.6 Å². The van der Waals surface area contributed by atoms with Crippen molar-refractivity contribution in [3.05, 3.63) is 0 Å². The molecule has 59 heavy (non-hydrogen) atoms. The summed E-state index contributed by atoms with van der Waals surface area (Å²) in [6.07, 6.45) is 61.6. The van der Waals surface area contributed by atoms with Gasteiger partial charge >= 0.3 is 11.9 Å². The molecule has 0 fully saturated rings. The van der Waals surface area contributed by atoms with Crippen molar-refractivity contribution in [2.24, 2.45) is 0 Å². The maximum Gasteiger partial charge on any atom is 0.306 e. The van der Waals surface area contributed by atoms with Gasteiger partial charge in [0.2, 0.25) is 0 Å². The summed E-state index contributed by atoms with van der Waals surface area (Å²) in [7, 11) is 0. The molecule has 0 aromatic rings. The van der Waals surface area contributed by atoms with Gasteiger partial charge in [0, 0.05) is 12.8 Å². The summed E-state index contributed by atoms with van der Waals surface area (Å²) in [4.78, 5) is 24.0. The van der Waals surface area contributed by atoms with Crippen LogP contribution in [0.15, 0.2) is 0 Å². The quantitative estimate of drug-likeness (QED) is 0.0488. The predicted molar refractivity (Wildman–Crippen MR) is 256 cm³/mol. The number of ether oxygens (including phenoxy) is 2. The third kappa shape index (κ3) is 49.4. The Morgan fingerprint density at radius 3 is 0.746 bits per heavy atom. The number of unbranched alkanes of at least 4 members (excludes halogenated alkanes) is 43. The summed E-state index contributed by atoms with van der Waals surface area (Å²) >= 11 is 0. The second-order valence-corrected chi connectivity index (χ2v) is 18.7. The number of aliphatic hydroxyl groups is 1. The fourth-order valence-electron chi connectivity index (χ4n) is 8.56. The SMILES string of the molecule is CCCCCCCCCCCCCCCCCCCCCCCCCCCCCCCCCCCCCCCCCCC(=O)OC(CO)COC(=O)CCCCCCC. The fourth-order valence-corrected chi connectivity index (χ4v) is 8.56. The Balaban J connectivity index is 3.24. The van der Waals surface area contributed by atoms with Gasteiger partial charge in [-0.05, 0) is 12.8 Å². The van der Waals surface area contributed by atoms with Crippen molar-refractivity contribution in [3.63, 3.8) is 0 Å². The summed E-state index contributed by atoms with van der Waals surface area (Å²) in [5, 5.41) is 9.50. The standard InChI is InChI=1S/C54H106O5/c1-3-5-7-9-10-11-12-13-14-15-16-17-18-19-20-21-22-23-24-25-26-27-28-29-30-31-32-33-34-35-36-37-38-39-40-41-42-43-45-47-49-54(57)59-52(50-55)51-58-53(56)48-46-44-8-6-4-2/h52,55H,3-51H2,1-2H3. The van der Waals surface area contributed by atoms with Crippen molar-refractivity contribution >= 4 is 11.9 Å². The largest absolute Gasteiger partial charge is 0.462 e. The molecule has 1 atom stereocenters. The Hall–Kier alpha value is -1.10. The molecule has 0 spiro atoms. The minimum Gasteiger partial charge on any atom is -0.462 e. The van der Waals surface area contributed by atoms with Crippen molar-refractivity contribution in [1.82, 2.24) is 0 Å². The van der Waals surface area contributed by atoms with E-state index in [1.165, 1.54) is 250 Å². The third-order valence-corrected chi connectivity index (χ3v) is 12.7. The van der Waals surface area contributed by atoms with E-state index in [9.17, 15) is 14.7 Å². The summed E-state index contributed by atoms with van der Waals surface area (Å²) in [5.41, 5.74) is 0. The Morgan fingerprint density at radius 1 is 0.322 bits per heavy atom. The molecule has 5 heteroatoms. The molecule has 0 aromatic carbocycles.